The summed E-state index contributed by atoms with van der Waals surface area (Å²) in [6.45, 7) is 9.15. The molecule has 16 heavy (non-hydrogen) atoms. The molecule has 2 nitrogen and oxygen atoms in total. The van der Waals surface area contributed by atoms with Crippen LogP contribution in [0.3, 0.4) is 0 Å². The lowest BCUT2D eigenvalue weighted by molar-refractivity contribution is 0.418. The predicted octanol–water partition coefficient (Wildman–Crippen LogP) is 3.65. The first-order valence-electron chi connectivity index (χ1n) is 5.65. The standard InChI is InChI=1S/C13H20N2S/c1-10-5-6-12(16-10)11(2)15-8-7-13(3,4)9-14/h5-6,11,15H,7-8H2,1-4H3. The van der Waals surface area contributed by atoms with Gasteiger partial charge in [-0.3, -0.25) is 0 Å². The maximum Gasteiger partial charge on any atom is 0.0684 e. The minimum atomic E-state index is -0.224. The fourth-order valence-electron chi connectivity index (χ4n) is 1.44. The fourth-order valence-corrected chi connectivity index (χ4v) is 2.35. The average Bonchev–Trinajstić information content (AvgIpc) is 2.64. The number of nitriles is 1. The van der Waals surface area contributed by atoms with Gasteiger partial charge in [0.1, 0.15) is 0 Å². The van der Waals surface area contributed by atoms with E-state index >= 15 is 0 Å². The van der Waals surface area contributed by atoms with E-state index in [0.29, 0.717) is 6.04 Å². The van der Waals surface area contributed by atoms with E-state index in [-0.39, 0.29) is 5.41 Å². The first-order chi connectivity index (χ1) is 7.44. The smallest absolute Gasteiger partial charge is 0.0684 e. The van der Waals surface area contributed by atoms with Crippen molar-refractivity contribution in [1.82, 2.24) is 5.32 Å². The minimum absolute atomic E-state index is 0.224. The van der Waals surface area contributed by atoms with Crippen molar-refractivity contribution in [1.29, 1.82) is 5.26 Å². The van der Waals surface area contributed by atoms with Crippen molar-refractivity contribution in [3.05, 3.63) is 21.9 Å². The fraction of sp³-hybridized carbons (Fsp3) is 0.615. The summed E-state index contributed by atoms with van der Waals surface area (Å²) >= 11 is 1.83. The van der Waals surface area contributed by atoms with Gasteiger partial charge in [0.2, 0.25) is 0 Å². The zero-order chi connectivity index (χ0) is 12.2. The molecule has 0 bridgehead atoms. The quantitative estimate of drug-likeness (QED) is 0.847. The molecular formula is C13H20N2S. The Hall–Kier alpha value is -0.850. The van der Waals surface area contributed by atoms with Gasteiger partial charge >= 0.3 is 0 Å². The van der Waals surface area contributed by atoms with Gasteiger partial charge in [-0.1, -0.05) is 0 Å². The van der Waals surface area contributed by atoms with Crippen molar-refractivity contribution in [3.8, 4) is 6.07 Å². The Labute approximate surface area is 102 Å². The van der Waals surface area contributed by atoms with Gasteiger partial charge in [-0.15, -0.1) is 11.3 Å². The Morgan fingerprint density at radius 1 is 1.50 bits per heavy atom. The summed E-state index contributed by atoms with van der Waals surface area (Å²) in [6, 6.07) is 7.03. The van der Waals surface area contributed by atoms with E-state index in [4.69, 9.17) is 5.26 Å². The highest BCUT2D eigenvalue weighted by Crippen LogP contribution is 2.23. The molecule has 0 amide bonds. The van der Waals surface area contributed by atoms with Gasteiger partial charge in [0.15, 0.2) is 0 Å². The third-order valence-electron chi connectivity index (χ3n) is 2.69. The van der Waals surface area contributed by atoms with E-state index in [1.165, 1.54) is 9.75 Å². The second-order valence-electron chi connectivity index (χ2n) is 4.87. The number of hydrogen-bond donors (Lipinski definition) is 1. The zero-order valence-corrected chi connectivity index (χ0v) is 11.3. The van der Waals surface area contributed by atoms with Crippen molar-refractivity contribution < 1.29 is 0 Å². The van der Waals surface area contributed by atoms with Crippen molar-refractivity contribution in [2.45, 2.75) is 40.2 Å². The van der Waals surface area contributed by atoms with Crippen LogP contribution in [0.25, 0.3) is 0 Å². The molecule has 1 atom stereocenters. The normalized spacial score (nSPS) is 13.4. The molecule has 1 heterocycles. The van der Waals surface area contributed by atoms with Crippen molar-refractivity contribution in [2.24, 2.45) is 5.41 Å². The van der Waals surface area contributed by atoms with Crippen LogP contribution in [0.15, 0.2) is 12.1 Å². The van der Waals surface area contributed by atoms with E-state index in [1.807, 2.05) is 25.2 Å². The van der Waals surface area contributed by atoms with Gasteiger partial charge in [0.05, 0.1) is 11.5 Å². The highest BCUT2D eigenvalue weighted by molar-refractivity contribution is 7.12. The SMILES string of the molecule is Cc1ccc(C(C)NCCC(C)(C)C#N)s1. The minimum Gasteiger partial charge on any atom is -0.309 e. The molecule has 1 rings (SSSR count). The van der Waals surface area contributed by atoms with Gasteiger partial charge in [0.25, 0.3) is 0 Å². The average molecular weight is 236 g/mol. The van der Waals surface area contributed by atoms with Gasteiger partial charge in [-0.05, 0) is 52.8 Å². The Kier molecular flexibility index (Phi) is 4.52. The van der Waals surface area contributed by atoms with Crippen LogP contribution < -0.4 is 5.32 Å². The lowest BCUT2D eigenvalue weighted by Gasteiger charge is -2.17. The number of aryl methyl sites for hydroxylation is 1. The molecule has 1 unspecified atom stereocenters. The summed E-state index contributed by atoms with van der Waals surface area (Å²) in [5, 5.41) is 12.4. The van der Waals surface area contributed by atoms with Crippen LogP contribution >= 0.6 is 11.3 Å². The molecule has 0 aliphatic rings. The topological polar surface area (TPSA) is 35.8 Å². The maximum absolute atomic E-state index is 8.90. The van der Waals surface area contributed by atoms with Crippen molar-refractivity contribution >= 4 is 11.3 Å². The van der Waals surface area contributed by atoms with Gasteiger partial charge in [-0.25, -0.2) is 0 Å². The molecular weight excluding hydrogens is 216 g/mol. The van der Waals surface area contributed by atoms with E-state index in [1.54, 1.807) is 0 Å². The Bertz CT molecular complexity index is 374. The highest BCUT2D eigenvalue weighted by Gasteiger charge is 2.16. The van der Waals surface area contributed by atoms with Gasteiger partial charge < -0.3 is 5.32 Å². The monoisotopic (exact) mass is 236 g/mol. The lowest BCUT2D eigenvalue weighted by atomic mass is 9.91. The summed E-state index contributed by atoms with van der Waals surface area (Å²) in [7, 11) is 0. The van der Waals surface area contributed by atoms with Crippen LogP contribution in [0.1, 0.15) is 43.0 Å². The summed E-state index contributed by atoms with van der Waals surface area (Å²) in [4.78, 5) is 2.72. The molecule has 0 saturated carbocycles. The van der Waals surface area contributed by atoms with E-state index in [9.17, 15) is 0 Å². The largest absolute Gasteiger partial charge is 0.309 e. The van der Waals surface area contributed by atoms with Crippen LogP contribution in [0.5, 0.6) is 0 Å². The molecule has 1 aromatic heterocycles. The third kappa shape index (κ3) is 3.96. The van der Waals surface area contributed by atoms with Crippen molar-refractivity contribution in [2.75, 3.05) is 6.54 Å². The molecule has 88 valence electrons. The van der Waals surface area contributed by atoms with E-state index < -0.39 is 0 Å². The second-order valence-corrected chi connectivity index (χ2v) is 6.19. The lowest BCUT2D eigenvalue weighted by Crippen LogP contribution is -2.23. The molecule has 0 radical (unpaired) electrons. The molecule has 0 saturated heterocycles. The molecule has 0 aliphatic heterocycles. The van der Waals surface area contributed by atoms with Gasteiger partial charge in [-0.2, -0.15) is 5.26 Å². The van der Waals surface area contributed by atoms with E-state index in [2.05, 4.69) is 37.4 Å². The summed E-state index contributed by atoms with van der Waals surface area (Å²) in [5.74, 6) is 0. The molecule has 1 N–H and O–H groups in total. The van der Waals surface area contributed by atoms with Crippen molar-refractivity contribution in [3.63, 3.8) is 0 Å². The third-order valence-corrected chi connectivity index (χ3v) is 3.87. The van der Waals surface area contributed by atoms with Crippen LogP contribution in [-0.2, 0) is 0 Å². The van der Waals surface area contributed by atoms with E-state index in [0.717, 1.165) is 13.0 Å². The van der Waals surface area contributed by atoms with Crippen LogP contribution in [-0.4, -0.2) is 6.54 Å². The summed E-state index contributed by atoms with van der Waals surface area (Å²) < 4.78 is 0. The maximum atomic E-state index is 8.90. The van der Waals surface area contributed by atoms with Crippen LogP contribution in [0, 0.1) is 23.7 Å². The number of rotatable bonds is 5. The molecule has 0 spiro atoms. The van der Waals surface area contributed by atoms with Gasteiger partial charge in [0, 0.05) is 15.8 Å². The van der Waals surface area contributed by atoms with Crippen LogP contribution in [0.4, 0.5) is 0 Å². The molecule has 1 aromatic rings. The molecule has 0 aliphatic carbocycles. The number of hydrogen-bond acceptors (Lipinski definition) is 3. The predicted molar refractivity (Wildman–Crippen MR) is 69.5 cm³/mol. The Balaban J connectivity index is 2.37. The Morgan fingerprint density at radius 3 is 2.69 bits per heavy atom. The number of nitrogens with zero attached hydrogens (tertiary/aromatic N) is 1. The number of thiophene rings is 1. The molecule has 3 heteroatoms. The highest BCUT2D eigenvalue weighted by atomic mass is 32.1. The summed E-state index contributed by atoms with van der Waals surface area (Å²) in [5.41, 5.74) is -0.224. The van der Waals surface area contributed by atoms with Crippen LogP contribution in [0.2, 0.25) is 0 Å². The first-order valence-corrected chi connectivity index (χ1v) is 6.47. The second kappa shape index (κ2) is 5.47. The Morgan fingerprint density at radius 2 is 2.19 bits per heavy atom. The molecule has 0 fully saturated rings. The first kappa shape index (κ1) is 13.2. The zero-order valence-electron chi connectivity index (χ0n) is 10.5. The number of nitrogens with one attached hydrogen (secondary N) is 1. The molecule has 0 aromatic carbocycles. The summed E-state index contributed by atoms with van der Waals surface area (Å²) in [6.07, 6.45) is 0.887.